The molecule has 2 aromatic rings. The first-order chi connectivity index (χ1) is 11.6. The molecule has 1 aliphatic rings. The number of hydrogen-bond donors (Lipinski definition) is 2. The molecule has 0 bridgehead atoms. The Kier molecular flexibility index (Phi) is 4.78. The quantitative estimate of drug-likeness (QED) is 0.836. The summed E-state index contributed by atoms with van der Waals surface area (Å²) in [5, 5.41) is 17.1. The van der Waals surface area contributed by atoms with Crippen molar-refractivity contribution in [3.8, 4) is 11.4 Å². The number of rotatable bonds is 4. The van der Waals surface area contributed by atoms with Crippen LogP contribution in [0.5, 0.6) is 0 Å². The van der Waals surface area contributed by atoms with Gasteiger partial charge >= 0.3 is 0 Å². The molecule has 2 heterocycles. The van der Waals surface area contributed by atoms with Crippen molar-refractivity contribution in [3.63, 3.8) is 0 Å². The van der Waals surface area contributed by atoms with Crippen molar-refractivity contribution < 1.29 is 14.0 Å². The second-order valence-electron chi connectivity index (χ2n) is 5.56. The summed E-state index contributed by atoms with van der Waals surface area (Å²) in [6, 6.07) is 5.27. The second kappa shape index (κ2) is 7.16. The second-order valence-corrected chi connectivity index (χ2v) is 5.56. The maximum absolute atomic E-state index is 13.2. The molecule has 1 aliphatic heterocycles. The molecule has 9 heteroatoms. The lowest BCUT2D eigenvalue weighted by Crippen LogP contribution is -2.46. The highest BCUT2D eigenvalue weighted by Gasteiger charge is 2.22. The highest BCUT2D eigenvalue weighted by Crippen LogP contribution is 2.14. The number of nitrogens with one attached hydrogen (secondary N) is 2. The van der Waals surface area contributed by atoms with E-state index in [1.165, 1.54) is 12.1 Å². The van der Waals surface area contributed by atoms with E-state index in [2.05, 4.69) is 26.0 Å². The van der Waals surface area contributed by atoms with Gasteiger partial charge in [0.05, 0.1) is 0 Å². The smallest absolute Gasteiger partial charge is 0.244 e. The lowest BCUT2D eigenvalue weighted by Gasteiger charge is -2.14. The SMILES string of the molecule is O=C(Cn1nnc(-c2cccc(F)c2)n1)N[C@H]1CCCCNC1=O. The van der Waals surface area contributed by atoms with Crippen LogP contribution in [0.25, 0.3) is 11.4 Å². The molecular weight excluding hydrogens is 315 g/mol. The van der Waals surface area contributed by atoms with Crippen molar-refractivity contribution in [3.05, 3.63) is 30.1 Å². The zero-order chi connectivity index (χ0) is 16.9. The van der Waals surface area contributed by atoms with Crippen molar-refractivity contribution in [1.82, 2.24) is 30.8 Å². The molecule has 0 saturated carbocycles. The monoisotopic (exact) mass is 332 g/mol. The molecule has 0 unspecified atom stereocenters. The van der Waals surface area contributed by atoms with Crippen LogP contribution in [0.15, 0.2) is 24.3 Å². The standard InChI is InChI=1S/C15H17FN6O2/c16-11-5-3-4-10(8-11)14-19-21-22(20-14)9-13(23)18-12-6-1-2-7-17-15(12)24/h3-5,8,12H,1-2,6-7,9H2,(H,17,24)(H,18,23)/t12-/m0/s1. The van der Waals surface area contributed by atoms with Gasteiger partial charge in [-0.3, -0.25) is 9.59 Å². The molecule has 1 saturated heterocycles. The average molecular weight is 332 g/mol. The van der Waals surface area contributed by atoms with Crippen LogP contribution in [0.4, 0.5) is 4.39 Å². The minimum atomic E-state index is -0.536. The van der Waals surface area contributed by atoms with E-state index in [9.17, 15) is 14.0 Å². The first-order valence-electron chi connectivity index (χ1n) is 7.72. The molecule has 1 fully saturated rings. The molecule has 0 radical (unpaired) electrons. The van der Waals surface area contributed by atoms with Gasteiger partial charge in [-0.1, -0.05) is 12.1 Å². The summed E-state index contributed by atoms with van der Waals surface area (Å²) in [4.78, 5) is 25.0. The zero-order valence-corrected chi connectivity index (χ0v) is 12.9. The molecule has 8 nitrogen and oxygen atoms in total. The molecule has 1 aromatic heterocycles. The van der Waals surface area contributed by atoms with E-state index >= 15 is 0 Å². The van der Waals surface area contributed by atoms with Gasteiger partial charge in [-0.25, -0.2) is 4.39 Å². The number of hydrogen-bond acceptors (Lipinski definition) is 5. The van der Waals surface area contributed by atoms with Crippen LogP contribution in [0.1, 0.15) is 19.3 Å². The van der Waals surface area contributed by atoms with Gasteiger partial charge in [0.1, 0.15) is 18.4 Å². The molecule has 2 N–H and O–H groups in total. The minimum absolute atomic E-state index is 0.161. The number of tetrazole rings is 1. The van der Waals surface area contributed by atoms with Crippen molar-refractivity contribution in [2.24, 2.45) is 0 Å². The minimum Gasteiger partial charge on any atom is -0.354 e. The molecule has 2 amide bonds. The van der Waals surface area contributed by atoms with E-state index in [4.69, 9.17) is 0 Å². The van der Waals surface area contributed by atoms with Crippen LogP contribution in [0.2, 0.25) is 0 Å². The van der Waals surface area contributed by atoms with E-state index in [1.807, 2.05) is 0 Å². The van der Waals surface area contributed by atoms with Crippen LogP contribution >= 0.6 is 0 Å². The zero-order valence-electron chi connectivity index (χ0n) is 12.9. The lowest BCUT2D eigenvalue weighted by atomic mass is 10.1. The number of benzene rings is 1. The molecule has 24 heavy (non-hydrogen) atoms. The molecule has 0 spiro atoms. The first kappa shape index (κ1) is 16.0. The number of halogens is 1. The van der Waals surface area contributed by atoms with E-state index in [0.29, 0.717) is 18.5 Å². The third kappa shape index (κ3) is 3.92. The Bertz CT molecular complexity index is 747. The Morgan fingerprint density at radius 3 is 3.12 bits per heavy atom. The fourth-order valence-electron chi connectivity index (χ4n) is 2.50. The number of nitrogens with zero attached hydrogens (tertiary/aromatic N) is 4. The topological polar surface area (TPSA) is 102 Å². The highest BCUT2D eigenvalue weighted by molar-refractivity contribution is 5.87. The van der Waals surface area contributed by atoms with Gasteiger partial charge in [-0.05, 0) is 36.6 Å². The Hall–Kier alpha value is -2.84. The third-order valence-corrected chi connectivity index (χ3v) is 3.69. The number of amides is 2. The molecule has 3 rings (SSSR count). The summed E-state index contributed by atoms with van der Waals surface area (Å²) in [7, 11) is 0. The predicted molar refractivity (Wildman–Crippen MR) is 82.0 cm³/mol. The van der Waals surface area contributed by atoms with Crippen molar-refractivity contribution in [2.45, 2.75) is 31.8 Å². The van der Waals surface area contributed by atoms with E-state index in [1.54, 1.807) is 12.1 Å². The van der Waals surface area contributed by atoms with Gasteiger partial charge in [0.2, 0.25) is 17.6 Å². The Morgan fingerprint density at radius 1 is 1.42 bits per heavy atom. The van der Waals surface area contributed by atoms with E-state index in [-0.39, 0.29) is 24.2 Å². The summed E-state index contributed by atoms with van der Waals surface area (Å²) in [6.07, 6.45) is 2.38. The van der Waals surface area contributed by atoms with Crippen LogP contribution in [0, 0.1) is 5.82 Å². The average Bonchev–Trinajstić information content (AvgIpc) is 2.92. The summed E-state index contributed by atoms with van der Waals surface area (Å²) in [5.74, 6) is -0.719. The fourth-order valence-corrected chi connectivity index (χ4v) is 2.50. The van der Waals surface area contributed by atoms with Gasteiger partial charge in [0, 0.05) is 12.1 Å². The molecule has 0 aliphatic carbocycles. The fraction of sp³-hybridized carbons (Fsp3) is 0.400. The number of carbonyl (C=O) groups is 2. The molecular formula is C15H17FN6O2. The highest BCUT2D eigenvalue weighted by atomic mass is 19.1. The van der Waals surface area contributed by atoms with Gasteiger partial charge < -0.3 is 10.6 Å². The van der Waals surface area contributed by atoms with E-state index < -0.39 is 11.9 Å². The van der Waals surface area contributed by atoms with Crippen LogP contribution in [-0.4, -0.2) is 44.6 Å². The third-order valence-electron chi connectivity index (χ3n) is 3.69. The summed E-state index contributed by atoms with van der Waals surface area (Å²) >= 11 is 0. The van der Waals surface area contributed by atoms with Crippen molar-refractivity contribution in [2.75, 3.05) is 6.54 Å². The Morgan fingerprint density at radius 2 is 2.29 bits per heavy atom. The number of aromatic nitrogens is 4. The Labute approximate surface area is 137 Å². The van der Waals surface area contributed by atoms with Crippen molar-refractivity contribution >= 4 is 11.8 Å². The van der Waals surface area contributed by atoms with Gasteiger partial charge in [-0.2, -0.15) is 4.80 Å². The van der Waals surface area contributed by atoms with Gasteiger partial charge in [0.15, 0.2) is 0 Å². The van der Waals surface area contributed by atoms with Crippen LogP contribution < -0.4 is 10.6 Å². The molecule has 126 valence electrons. The number of carbonyl (C=O) groups excluding carboxylic acids is 2. The molecule has 1 aromatic carbocycles. The Balaban J connectivity index is 1.62. The molecule has 1 atom stereocenters. The van der Waals surface area contributed by atoms with Crippen LogP contribution in [0.3, 0.4) is 0 Å². The summed E-state index contributed by atoms with van der Waals surface area (Å²) < 4.78 is 13.2. The largest absolute Gasteiger partial charge is 0.354 e. The first-order valence-corrected chi connectivity index (χ1v) is 7.72. The van der Waals surface area contributed by atoms with Crippen LogP contribution in [-0.2, 0) is 16.1 Å². The maximum atomic E-state index is 13.2. The predicted octanol–water partition coefficient (Wildman–Crippen LogP) is 0.264. The van der Waals surface area contributed by atoms with Gasteiger partial charge in [-0.15, -0.1) is 10.2 Å². The van der Waals surface area contributed by atoms with E-state index in [0.717, 1.165) is 17.6 Å². The summed E-state index contributed by atoms with van der Waals surface area (Å²) in [5.41, 5.74) is 0.477. The maximum Gasteiger partial charge on any atom is 0.244 e. The lowest BCUT2D eigenvalue weighted by molar-refractivity contribution is -0.129. The van der Waals surface area contributed by atoms with Crippen molar-refractivity contribution in [1.29, 1.82) is 0 Å². The normalized spacial score (nSPS) is 17.9. The summed E-state index contributed by atoms with van der Waals surface area (Å²) in [6.45, 7) is 0.471. The van der Waals surface area contributed by atoms with Gasteiger partial charge in [0.25, 0.3) is 0 Å².